The molecule has 0 spiro atoms. The van der Waals surface area contributed by atoms with Gasteiger partial charge in [0.2, 0.25) is 0 Å². The van der Waals surface area contributed by atoms with E-state index in [1.165, 1.54) is 0 Å². The standard InChI is InChI=1S/2C8H17NO2.Sn/c2*1-3-5-6-8(9,4-2)7(10)11;/h2*3-6,9H2,1-2H3,(H,10,11);/q;;+2/p-2. The van der Waals surface area contributed by atoms with Crippen LogP contribution < -0.4 is 21.7 Å². The second kappa shape index (κ2) is 14.0. The maximum absolute atomic E-state index is 10.5. The zero-order valence-corrected chi connectivity index (χ0v) is 17.8. The largest absolute Gasteiger partial charge is 2.00 e. The molecule has 0 amide bonds. The number of unbranched alkanes of at least 4 members (excludes halogenated alkanes) is 2. The average molecular weight is 435 g/mol. The molecule has 0 aromatic heterocycles. The molecule has 0 saturated heterocycles. The van der Waals surface area contributed by atoms with Crippen LogP contribution in [-0.2, 0) is 9.59 Å². The van der Waals surface area contributed by atoms with Crippen molar-refractivity contribution in [1.82, 2.24) is 0 Å². The SMILES string of the molecule is CCCCC(N)(CC)C(=O)[O-].CCCCC(N)(CC)C(=O)[O-].[Sn+2]. The Labute approximate surface area is 157 Å². The number of nitrogens with two attached hydrogens (primary N) is 2. The van der Waals surface area contributed by atoms with Crippen LogP contribution in [0.1, 0.15) is 79.1 Å². The summed E-state index contributed by atoms with van der Waals surface area (Å²) in [7, 11) is 0. The van der Waals surface area contributed by atoms with Crippen LogP contribution in [0.3, 0.4) is 0 Å². The van der Waals surface area contributed by atoms with Crippen molar-refractivity contribution in [2.45, 2.75) is 90.1 Å². The smallest absolute Gasteiger partial charge is 0.548 e. The number of carbonyl (C=O) groups excluding carboxylic acids is 2. The van der Waals surface area contributed by atoms with E-state index in [0.29, 0.717) is 25.7 Å². The Morgan fingerprint density at radius 2 is 1.04 bits per heavy atom. The topological polar surface area (TPSA) is 132 Å². The van der Waals surface area contributed by atoms with Gasteiger partial charge in [-0.05, 0) is 25.7 Å². The Bertz CT molecular complexity index is 310. The summed E-state index contributed by atoms with van der Waals surface area (Å²) in [5.41, 5.74) is 8.93. The van der Waals surface area contributed by atoms with Crippen molar-refractivity contribution < 1.29 is 19.8 Å². The van der Waals surface area contributed by atoms with E-state index >= 15 is 0 Å². The second-order valence-electron chi connectivity index (χ2n) is 5.80. The van der Waals surface area contributed by atoms with E-state index in [2.05, 4.69) is 0 Å². The first-order valence-electron chi connectivity index (χ1n) is 8.14. The fourth-order valence-electron chi connectivity index (χ4n) is 1.83. The Kier molecular flexibility index (Phi) is 16.8. The van der Waals surface area contributed by atoms with Crippen molar-refractivity contribution in [3.05, 3.63) is 0 Å². The minimum Gasteiger partial charge on any atom is -0.548 e. The summed E-state index contributed by atoms with van der Waals surface area (Å²) in [4.78, 5) is 21.0. The number of aliphatic carboxylic acids is 2. The van der Waals surface area contributed by atoms with Crippen molar-refractivity contribution in [2.24, 2.45) is 11.5 Å². The Morgan fingerprint density at radius 1 is 0.783 bits per heavy atom. The summed E-state index contributed by atoms with van der Waals surface area (Å²) in [5.74, 6) is -2.26. The van der Waals surface area contributed by atoms with Gasteiger partial charge in [0.1, 0.15) is 0 Å². The van der Waals surface area contributed by atoms with Crippen molar-refractivity contribution in [3.63, 3.8) is 0 Å². The fourth-order valence-corrected chi connectivity index (χ4v) is 1.83. The average Bonchev–Trinajstić information content (AvgIpc) is 2.50. The zero-order valence-electron chi connectivity index (χ0n) is 14.9. The van der Waals surface area contributed by atoms with Gasteiger partial charge in [0.25, 0.3) is 0 Å². The Balaban J connectivity index is -0.000000333. The molecule has 0 aromatic rings. The van der Waals surface area contributed by atoms with E-state index < -0.39 is 23.0 Å². The van der Waals surface area contributed by atoms with Crippen molar-refractivity contribution in [1.29, 1.82) is 0 Å². The second-order valence-corrected chi connectivity index (χ2v) is 5.80. The van der Waals surface area contributed by atoms with Gasteiger partial charge in [-0.2, -0.15) is 0 Å². The first-order chi connectivity index (χ1) is 10.1. The monoisotopic (exact) mass is 436 g/mol. The third kappa shape index (κ3) is 10.9. The van der Waals surface area contributed by atoms with Gasteiger partial charge >= 0.3 is 23.9 Å². The third-order valence-corrected chi connectivity index (χ3v) is 4.03. The van der Waals surface area contributed by atoms with E-state index in [4.69, 9.17) is 11.5 Å². The fraction of sp³-hybridized carbons (Fsp3) is 0.875. The molecule has 6 nitrogen and oxygen atoms in total. The predicted octanol–water partition coefficient (Wildman–Crippen LogP) is -0.313. The van der Waals surface area contributed by atoms with Gasteiger partial charge in [-0.1, -0.05) is 53.4 Å². The molecule has 0 aliphatic rings. The molecule has 0 fully saturated rings. The van der Waals surface area contributed by atoms with Crippen LogP contribution >= 0.6 is 0 Å². The van der Waals surface area contributed by atoms with Crippen molar-refractivity contribution >= 4 is 35.8 Å². The molecule has 2 unspecified atom stereocenters. The van der Waals surface area contributed by atoms with Gasteiger partial charge in [-0.15, -0.1) is 0 Å². The maximum atomic E-state index is 10.5. The Hall–Kier alpha value is -0.341. The molecule has 23 heavy (non-hydrogen) atoms. The minimum absolute atomic E-state index is 0. The molecule has 0 saturated carbocycles. The number of rotatable bonds is 10. The summed E-state index contributed by atoms with van der Waals surface area (Å²) in [6, 6.07) is 0. The number of hydrogen-bond acceptors (Lipinski definition) is 6. The quantitative estimate of drug-likeness (QED) is 0.453. The number of carboxylic acids is 2. The van der Waals surface area contributed by atoms with Crippen LogP contribution in [0, 0.1) is 0 Å². The first-order valence-corrected chi connectivity index (χ1v) is 8.14. The predicted molar refractivity (Wildman–Crippen MR) is 89.2 cm³/mol. The number of carbonyl (C=O) groups is 2. The number of carboxylic acid groups (broad SMARTS) is 2. The summed E-state index contributed by atoms with van der Waals surface area (Å²) < 4.78 is 0. The third-order valence-electron chi connectivity index (χ3n) is 4.03. The van der Waals surface area contributed by atoms with E-state index in [-0.39, 0.29) is 23.9 Å². The molecule has 0 heterocycles. The van der Waals surface area contributed by atoms with Gasteiger partial charge in [-0.3, -0.25) is 0 Å². The van der Waals surface area contributed by atoms with Crippen LogP contribution in [0.4, 0.5) is 0 Å². The summed E-state index contributed by atoms with van der Waals surface area (Å²) in [5, 5.41) is 21.0. The molecule has 0 rings (SSSR count). The molecule has 134 valence electrons. The molecule has 2 radical (unpaired) electrons. The normalized spacial score (nSPS) is 15.2. The molecule has 7 heteroatoms. The van der Waals surface area contributed by atoms with Crippen LogP contribution in [0.5, 0.6) is 0 Å². The van der Waals surface area contributed by atoms with E-state index in [1.807, 2.05) is 13.8 Å². The van der Waals surface area contributed by atoms with E-state index in [0.717, 1.165) is 25.7 Å². The van der Waals surface area contributed by atoms with Crippen molar-refractivity contribution in [3.8, 4) is 0 Å². The number of hydrogen-bond donors (Lipinski definition) is 2. The van der Waals surface area contributed by atoms with Crippen LogP contribution in [0.25, 0.3) is 0 Å². The summed E-state index contributed by atoms with van der Waals surface area (Å²) >= 11 is 0. The molecule has 0 bridgehead atoms. The van der Waals surface area contributed by atoms with Crippen LogP contribution in [0.2, 0.25) is 0 Å². The van der Waals surface area contributed by atoms with Gasteiger partial charge in [-0.25, -0.2) is 0 Å². The van der Waals surface area contributed by atoms with E-state index in [9.17, 15) is 19.8 Å². The molecule has 2 atom stereocenters. The van der Waals surface area contributed by atoms with Crippen LogP contribution in [-0.4, -0.2) is 46.9 Å². The zero-order chi connectivity index (χ0) is 17.8. The van der Waals surface area contributed by atoms with Gasteiger partial charge in [0, 0.05) is 0 Å². The van der Waals surface area contributed by atoms with E-state index in [1.54, 1.807) is 13.8 Å². The van der Waals surface area contributed by atoms with Gasteiger partial charge in [0.15, 0.2) is 0 Å². The summed E-state index contributed by atoms with van der Waals surface area (Å²) in [6.07, 6.45) is 5.53. The van der Waals surface area contributed by atoms with Crippen LogP contribution in [0.15, 0.2) is 0 Å². The Morgan fingerprint density at radius 3 is 1.17 bits per heavy atom. The molecular formula is C16H32N2O4Sn. The van der Waals surface area contributed by atoms with Gasteiger partial charge in [0.05, 0.1) is 23.0 Å². The molecule has 4 N–H and O–H groups in total. The maximum Gasteiger partial charge on any atom is 2.00 e. The molecular weight excluding hydrogens is 403 g/mol. The molecule has 0 aromatic carbocycles. The summed E-state index contributed by atoms with van der Waals surface area (Å²) in [6.45, 7) is 7.55. The van der Waals surface area contributed by atoms with Gasteiger partial charge < -0.3 is 31.3 Å². The molecule has 0 aliphatic heterocycles. The van der Waals surface area contributed by atoms with Crippen molar-refractivity contribution in [2.75, 3.05) is 0 Å². The minimum atomic E-state index is -1.13. The molecule has 0 aliphatic carbocycles. The first kappa shape index (κ1) is 27.5.